The molecule has 4 rings (SSSR count). The highest BCUT2D eigenvalue weighted by Crippen LogP contribution is 2.45. The number of piperidine rings is 1. The van der Waals surface area contributed by atoms with E-state index in [2.05, 4.69) is 6.92 Å². The van der Waals surface area contributed by atoms with Gasteiger partial charge in [-0.05, 0) is 49.7 Å². The number of likely N-dealkylation sites (N-methyl/N-ethyl adjacent to an activating group) is 1. The van der Waals surface area contributed by atoms with Gasteiger partial charge >= 0.3 is 0 Å². The van der Waals surface area contributed by atoms with E-state index in [1.807, 2.05) is 18.7 Å². The number of hydrogen-bond acceptors (Lipinski definition) is 5. The molecule has 1 saturated carbocycles. The quantitative estimate of drug-likeness (QED) is 0.836. The third kappa shape index (κ3) is 3.18. The molecule has 6 nitrogen and oxygen atoms in total. The smallest absolute Gasteiger partial charge is 0.256 e. The van der Waals surface area contributed by atoms with Crippen LogP contribution in [0.25, 0.3) is 0 Å². The molecule has 3 atom stereocenters. The van der Waals surface area contributed by atoms with Gasteiger partial charge in [0.05, 0.1) is 43.2 Å². The molecule has 3 unspecified atom stereocenters. The van der Waals surface area contributed by atoms with Gasteiger partial charge in [0.25, 0.3) is 5.91 Å². The Morgan fingerprint density at radius 2 is 2.04 bits per heavy atom. The highest BCUT2D eigenvalue weighted by atomic mass is 19.1. The number of pyridine rings is 1. The molecule has 1 saturated heterocycles. The van der Waals surface area contributed by atoms with Crippen molar-refractivity contribution in [1.29, 1.82) is 0 Å². The first-order valence-electron chi connectivity index (χ1n) is 10.2. The summed E-state index contributed by atoms with van der Waals surface area (Å²) in [5.74, 6) is 0.603. The van der Waals surface area contributed by atoms with Crippen LogP contribution in [-0.4, -0.2) is 66.5 Å². The number of fused-ring (bicyclic) bond motifs is 1. The lowest BCUT2D eigenvalue weighted by atomic mass is 9.99. The first-order valence-corrected chi connectivity index (χ1v) is 10.2. The maximum atomic E-state index is 14.9. The summed E-state index contributed by atoms with van der Waals surface area (Å²) in [4.78, 5) is 20.8. The minimum atomic E-state index is -1.07. The van der Waals surface area contributed by atoms with Crippen LogP contribution in [-0.2, 0) is 4.74 Å². The van der Waals surface area contributed by atoms with Crippen molar-refractivity contribution in [2.24, 2.45) is 5.41 Å². The van der Waals surface area contributed by atoms with Crippen LogP contribution in [0, 0.1) is 19.3 Å². The van der Waals surface area contributed by atoms with E-state index in [4.69, 9.17) is 9.72 Å². The molecule has 1 N–H and O–H groups in total. The van der Waals surface area contributed by atoms with Gasteiger partial charge < -0.3 is 19.6 Å². The number of halogens is 1. The Bertz CT molecular complexity index is 796. The van der Waals surface area contributed by atoms with Gasteiger partial charge in [-0.15, -0.1) is 0 Å². The summed E-state index contributed by atoms with van der Waals surface area (Å²) >= 11 is 0. The van der Waals surface area contributed by atoms with Crippen LogP contribution in [0.2, 0.25) is 0 Å². The molecule has 28 heavy (non-hydrogen) atoms. The van der Waals surface area contributed by atoms with Crippen molar-refractivity contribution >= 4 is 11.7 Å². The zero-order chi connectivity index (χ0) is 20.2. The maximum Gasteiger partial charge on any atom is 0.256 e. The topological polar surface area (TPSA) is 65.9 Å². The second kappa shape index (κ2) is 6.95. The summed E-state index contributed by atoms with van der Waals surface area (Å²) in [6, 6.07) is -0.443. The first-order chi connectivity index (χ1) is 13.3. The molecule has 0 bridgehead atoms. The SMILES string of the molecule is Cc1c(N2CCC(OCC3(C)CC3)C(F)C2)nc2c(c1C)C(=O)N(C)C2CO. The molecule has 1 aromatic rings. The lowest BCUT2D eigenvalue weighted by molar-refractivity contribution is -0.0302. The van der Waals surface area contributed by atoms with Crippen molar-refractivity contribution in [2.75, 3.05) is 38.3 Å². The normalized spacial score (nSPS) is 28.6. The van der Waals surface area contributed by atoms with Crippen LogP contribution in [0.4, 0.5) is 10.2 Å². The molecule has 154 valence electrons. The molecule has 3 heterocycles. The van der Waals surface area contributed by atoms with Gasteiger partial charge in [0.15, 0.2) is 0 Å². The van der Waals surface area contributed by atoms with Gasteiger partial charge in [0.1, 0.15) is 12.0 Å². The van der Waals surface area contributed by atoms with E-state index in [0.29, 0.717) is 36.6 Å². The molecule has 1 aromatic heterocycles. The van der Waals surface area contributed by atoms with Gasteiger partial charge in [0, 0.05) is 13.6 Å². The highest BCUT2D eigenvalue weighted by Gasteiger charge is 2.41. The molecule has 0 aromatic carbocycles. The van der Waals surface area contributed by atoms with Crippen molar-refractivity contribution in [2.45, 2.75) is 58.4 Å². The van der Waals surface area contributed by atoms with E-state index in [1.54, 1.807) is 7.05 Å². The number of alkyl halides is 1. The standard InChI is InChI=1S/C21H30FN3O3/c1-12-13(2)19(23-18-15(10-26)24(4)20(27)17(12)18)25-8-5-16(14(22)9-25)28-11-21(3)6-7-21/h14-16,26H,5-11H2,1-4H3. The van der Waals surface area contributed by atoms with Crippen LogP contribution in [0.1, 0.15) is 59.4 Å². The fraction of sp³-hybridized carbons (Fsp3) is 0.714. The van der Waals surface area contributed by atoms with E-state index in [-0.39, 0.29) is 30.6 Å². The van der Waals surface area contributed by atoms with E-state index in [1.165, 1.54) is 17.7 Å². The summed E-state index contributed by atoms with van der Waals surface area (Å²) in [5, 5.41) is 9.74. The summed E-state index contributed by atoms with van der Waals surface area (Å²) in [5.41, 5.74) is 3.20. The number of anilines is 1. The van der Waals surface area contributed by atoms with Gasteiger partial charge in [-0.1, -0.05) is 6.92 Å². The number of amides is 1. The molecule has 2 fully saturated rings. The van der Waals surface area contributed by atoms with Crippen LogP contribution in [0.5, 0.6) is 0 Å². The van der Waals surface area contributed by atoms with Gasteiger partial charge in [-0.25, -0.2) is 9.37 Å². The van der Waals surface area contributed by atoms with Gasteiger partial charge in [-0.2, -0.15) is 0 Å². The number of carbonyl (C=O) groups excluding carboxylic acids is 1. The van der Waals surface area contributed by atoms with Crippen LogP contribution >= 0.6 is 0 Å². The Morgan fingerprint density at radius 1 is 1.32 bits per heavy atom. The molecular weight excluding hydrogens is 361 g/mol. The molecule has 0 spiro atoms. The zero-order valence-corrected chi connectivity index (χ0v) is 17.2. The van der Waals surface area contributed by atoms with Crippen molar-refractivity contribution < 1.29 is 19.0 Å². The lowest BCUT2D eigenvalue weighted by Crippen LogP contribution is -2.47. The molecule has 1 aliphatic carbocycles. The highest BCUT2D eigenvalue weighted by molar-refractivity contribution is 6.00. The number of ether oxygens (including phenoxy) is 1. The number of carbonyl (C=O) groups is 1. The lowest BCUT2D eigenvalue weighted by Gasteiger charge is -2.37. The van der Waals surface area contributed by atoms with Crippen molar-refractivity contribution in [3.05, 3.63) is 22.4 Å². The molecule has 3 aliphatic rings. The number of aliphatic hydroxyl groups is 1. The largest absolute Gasteiger partial charge is 0.394 e. The summed E-state index contributed by atoms with van der Waals surface area (Å²) < 4.78 is 20.7. The van der Waals surface area contributed by atoms with E-state index in [9.17, 15) is 14.3 Å². The predicted octanol–water partition coefficient (Wildman–Crippen LogP) is 2.55. The minimum absolute atomic E-state index is 0.113. The summed E-state index contributed by atoms with van der Waals surface area (Å²) in [6.07, 6.45) is 1.53. The summed E-state index contributed by atoms with van der Waals surface area (Å²) in [7, 11) is 1.68. The number of nitrogens with zero attached hydrogens (tertiary/aromatic N) is 3. The predicted molar refractivity (Wildman–Crippen MR) is 104 cm³/mol. The third-order valence-corrected chi connectivity index (χ3v) is 6.78. The van der Waals surface area contributed by atoms with Gasteiger partial charge in [-0.3, -0.25) is 4.79 Å². The number of aliphatic hydroxyl groups excluding tert-OH is 1. The monoisotopic (exact) mass is 391 g/mol. The van der Waals surface area contributed by atoms with Gasteiger partial charge in [0.2, 0.25) is 0 Å². The van der Waals surface area contributed by atoms with Crippen LogP contribution < -0.4 is 4.90 Å². The Kier molecular flexibility index (Phi) is 4.86. The molecule has 0 radical (unpaired) electrons. The second-order valence-corrected chi connectivity index (χ2v) is 8.97. The molecule has 2 aliphatic heterocycles. The van der Waals surface area contributed by atoms with E-state index < -0.39 is 12.2 Å². The van der Waals surface area contributed by atoms with Crippen LogP contribution in [0.15, 0.2) is 0 Å². The Morgan fingerprint density at radius 3 is 2.64 bits per heavy atom. The number of aromatic nitrogens is 1. The Balaban J connectivity index is 1.55. The maximum absolute atomic E-state index is 14.9. The van der Waals surface area contributed by atoms with Crippen molar-refractivity contribution in [3.8, 4) is 0 Å². The Hall–Kier alpha value is -1.73. The average Bonchev–Trinajstić information content (AvgIpc) is 3.35. The first kappa shape index (κ1) is 19.6. The fourth-order valence-electron chi connectivity index (χ4n) is 4.26. The second-order valence-electron chi connectivity index (χ2n) is 8.97. The fourth-order valence-corrected chi connectivity index (χ4v) is 4.26. The number of hydrogen-bond donors (Lipinski definition) is 1. The molecular formula is C21H30FN3O3. The van der Waals surface area contributed by atoms with E-state index in [0.717, 1.165) is 11.1 Å². The minimum Gasteiger partial charge on any atom is -0.394 e. The summed E-state index contributed by atoms with van der Waals surface area (Å²) in [6.45, 7) is 7.39. The zero-order valence-electron chi connectivity index (χ0n) is 17.2. The van der Waals surface area contributed by atoms with Crippen molar-refractivity contribution in [3.63, 3.8) is 0 Å². The van der Waals surface area contributed by atoms with Crippen molar-refractivity contribution in [1.82, 2.24) is 9.88 Å². The average molecular weight is 391 g/mol. The Labute approximate surface area is 165 Å². The van der Waals surface area contributed by atoms with E-state index >= 15 is 0 Å². The van der Waals surface area contributed by atoms with Crippen LogP contribution in [0.3, 0.4) is 0 Å². The number of rotatable bonds is 5. The molecule has 7 heteroatoms. The third-order valence-electron chi connectivity index (χ3n) is 6.78. The molecule has 1 amide bonds.